The van der Waals surface area contributed by atoms with Crippen molar-refractivity contribution in [2.75, 3.05) is 5.32 Å². The number of carbonyl (C=O) groups excluding carboxylic acids is 1. The summed E-state index contributed by atoms with van der Waals surface area (Å²) in [6.45, 7) is 3.75. The zero-order valence-corrected chi connectivity index (χ0v) is 10.9. The maximum Gasteiger partial charge on any atom is 0.417 e. The molecule has 0 aliphatic heterocycles. The number of hydrogen-bond donors (Lipinski definition) is 3. The van der Waals surface area contributed by atoms with Crippen molar-refractivity contribution < 1.29 is 9.21 Å². The molecule has 0 saturated carbocycles. The first-order valence-electron chi connectivity index (χ1n) is 6.05. The summed E-state index contributed by atoms with van der Waals surface area (Å²) in [6, 6.07) is 5.00. The van der Waals surface area contributed by atoms with Crippen molar-refractivity contribution in [2.45, 2.75) is 32.2 Å². The summed E-state index contributed by atoms with van der Waals surface area (Å²) in [4.78, 5) is 25.3. The van der Waals surface area contributed by atoms with Crippen LogP contribution in [0.5, 0.6) is 0 Å². The van der Waals surface area contributed by atoms with Gasteiger partial charge in [-0.3, -0.25) is 9.78 Å². The Balaban J connectivity index is 2.04. The van der Waals surface area contributed by atoms with Crippen LogP contribution in [0.3, 0.4) is 0 Å². The normalized spacial score (nSPS) is 11.7. The van der Waals surface area contributed by atoms with Crippen LogP contribution in [0.1, 0.15) is 26.7 Å². The number of fused-ring (bicyclic) bond motifs is 1. The number of H-pyrrole nitrogens is 1. The van der Waals surface area contributed by atoms with Crippen LogP contribution in [-0.2, 0) is 4.79 Å². The minimum absolute atomic E-state index is 0.115. The maximum atomic E-state index is 11.7. The molecule has 0 aliphatic carbocycles. The van der Waals surface area contributed by atoms with E-state index in [0.717, 1.165) is 0 Å². The number of carbonyl (C=O) groups is 1. The molecule has 19 heavy (non-hydrogen) atoms. The van der Waals surface area contributed by atoms with E-state index >= 15 is 0 Å². The van der Waals surface area contributed by atoms with Gasteiger partial charge >= 0.3 is 5.76 Å². The van der Waals surface area contributed by atoms with E-state index in [0.29, 0.717) is 29.6 Å². The lowest BCUT2D eigenvalue weighted by Gasteiger charge is -2.17. The van der Waals surface area contributed by atoms with Crippen molar-refractivity contribution >= 4 is 22.7 Å². The zero-order chi connectivity index (χ0) is 14.0. The van der Waals surface area contributed by atoms with E-state index in [1.54, 1.807) is 18.2 Å². The fourth-order valence-electron chi connectivity index (χ4n) is 1.68. The van der Waals surface area contributed by atoms with Crippen molar-refractivity contribution in [3.8, 4) is 0 Å². The predicted octanol–water partition coefficient (Wildman–Crippen LogP) is 1.58. The molecule has 2 rings (SSSR count). The Hall–Kier alpha value is -2.08. The van der Waals surface area contributed by atoms with E-state index in [1.807, 2.05) is 13.8 Å². The molecule has 102 valence electrons. The number of benzene rings is 1. The highest BCUT2D eigenvalue weighted by Gasteiger charge is 2.13. The van der Waals surface area contributed by atoms with Crippen molar-refractivity contribution in [3.05, 3.63) is 28.7 Å². The Morgan fingerprint density at radius 1 is 1.47 bits per heavy atom. The number of oxazole rings is 1. The number of rotatable bonds is 4. The Morgan fingerprint density at radius 2 is 2.21 bits per heavy atom. The number of aromatic nitrogens is 1. The smallest absolute Gasteiger partial charge is 0.408 e. The van der Waals surface area contributed by atoms with Gasteiger partial charge in [-0.2, -0.15) is 0 Å². The van der Waals surface area contributed by atoms with E-state index in [4.69, 9.17) is 10.2 Å². The van der Waals surface area contributed by atoms with Gasteiger partial charge in [-0.15, -0.1) is 0 Å². The molecule has 0 fully saturated rings. The first-order chi connectivity index (χ1) is 8.83. The quantitative estimate of drug-likeness (QED) is 0.779. The summed E-state index contributed by atoms with van der Waals surface area (Å²) in [5, 5.41) is 2.75. The molecular weight excluding hydrogens is 246 g/mol. The van der Waals surface area contributed by atoms with Gasteiger partial charge in [0.2, 0.25) is 5.91 Å². The fourth-order valence-corrected chi connectivity index (χ4v) is 1.68. The van der Waals surface area contributed by atoms with Gasteiger partial charge in [-0.1, -0.05) is 0 Å². The second kappa shape index (κ2) is 4.89. The van der Waals surface area contributed by atoms with Crippen molar-refractivity contribution in [2.24, 2.45) is 5.73 Å². The van der Waals surface area contributed by atoms with Gasteiger partial charge in [0, 0.05) is 23.7 Å². The van der Waals surface area contributed by atoms with Crippen LogP contribution >= 0.6 is 0 Å². The van der Waals surface area contributed by atoms with Crippen LogP contribution in [0.15, 0.2) is 27.4 Å². The van der Waals surface area contributed by atoms with E-state index in [1.165, 1.54) is 0 Å². The topological polar surface area (TPSA) is 101 Å². The molecule has 1 aromatic heterocycles. The molecule has 0 aliphatic rings. The maximum absolute atomic E-state index is 11.7. The third kappa shape index (κ3) is 3.69. The lowest BCUT2D eigenvalue weighted by molar-refractivity contribution is -0.116. The summed E-state index contributed by atoms with van der Waals surface area (Å²) in [7, 11) is 0. The molecule has 2 aromatic rings. The van der Waals surface area contributed by atoms with Gasteiger partial charge < -0.3 is 15.5 Å². The number of nitrogens with two attached hydrogens (primary N) is 1. The number of nitrogens with one attached hydrogen (secondary N) is 2. The molecule has 0 radical (unpaired) electrons. The number of aromatic amines is 1. The van der Waals surface area contributed by atoms with Gasteiger partial charge in [0.1, 0.15) is 0 Å². The first kappa shape index (κ1) is 13.4. The summed E-state index contributed by atoms with van der Waals surface area (Å²) in [6.07, 6.45) is 0.943. The second-order valence-corrected chi connectivity index (χ2v) is 5.26. The molecule has 4 N–H and O–H groups in total. The van der Waals surface area contributed by atoms with Gasteiger partial charge in [-0.25, -0.2) is 4.79 Å². The molecule has 1 aromatic carbocycles. The first-order valence-corrected chi connectivity index (χ1v) is 6.05. The average molecular weight is 263 g/mol. The lowest BCUT2D eigenvalue weighted by Crippen LogP contribution is -2.33. The third-order valence-electron chi connectivity index (χ3n) is 2.70. The molecule has 1 amide bonds. The van der Waals surface area contributed by atoms with Crippen molar-refractivity contribution in [1.29, 1.82) is 0 Å². The lowest BCUT2D eigenvalue weighted by atomic mass is 10.00. The van der Waals surface area contributed by atoms with Crippen LogP contribution < -0.4 is 16.8 Å². The SMILES string of the molecule is CC(C)(N)CCC(=O)Nc1ccc2[nH]c(=O)oc2c1. The molecule has 6 heteroatoms. The molecule has 1 heterocycles. The molecule has 0 atom stereocenters. The van der Waals surface area contributed by atoms with Crippen LogP contribution in [0.25, 0.3) is 11.1 Å². The largest absolute Gasteiger partial charge is 0.417 e. The van der Waals surface area contributed by atoms with Crippen molar-refractivity contribution in [3.63, 3.8) is 0 Å². The molecule has 6 nitrogen and oxygen atoms in total. The van der Waals surface area contributed by atoms with Crippen LogP contribution in [0.4, 0.5) is 5.69 Å². The minimum atomic E-state index is -0.511. The van der Waals surface area contributed by atoms with E-state index in [2.05, 4.69) is 10.3 Å². The van der Waals surface area contributed by atoms with Gasteiger partial charge in [0.15, 0.2) is 5.58 Å². The Kier molecular flexibility index (Phi) is 3.44. The zero-order valence-electron chi connectivity index (χ0n) is 10.9. The van der Waals surface area contributed by atoms with Gasteiger partial charge in [0.05, 0.1) is 5.52 Å². The van der Waals surface area contributed by atoms with Gasteiger partial charge in [0.25, 0.3) is 0 Å². The second-order valence-electron chi connectivity index (χ2n) is 5.26. The Morgan fingerprint density at radius 3 is 2.89 bits per heavy atom. The Bertz CT molecular complexity index is 649. The molecular formula is C13H17N3O3. The van der Waals surface area contributed by atoms with Crippen LogP contribution in [0, 0.1) is 0 Å². The van der Waals surface area contributed by atoms with Crippen molar-refractivity contribution in [1.82, 2.24) is 4.98 Å². The number of amides is 1. The highest BCUT2D eigenvalue weighted by atomic mass is 16.4. The van der Waals surface area contributed by atoms with E-state index in [9.17, 15) is 9.59 Å². The van der Waals surface area contributed by atoms with Crippen LogP contribution in [0.2, 0.25) is 0 Å². The number of anilines is 1. The van der Waals surface area contributed by atoms with Gasteiger partial charge in [-0.05, 0) is 32.4 Å². The van der Waals surface area contributed by atoms with Crippen LogP contribution in [-0.4, -0.2) is 16.4 Å². The highest BCUT2D eigenvalue weighted by Crippen LogP contribution is 2.17. The van der Waals surface area contributed by atoms with E-state index < -0.39 is 5.76 Å². The Labute approximate surface area is 110 Å². The number of hydrogen-bond acceptors (Lipinski definition) is 4. The minimum Gasteiger partial charge on any atom is -0.408 e. The molecule has 0 unspecified atom stereocenters. The average Bonchev–Trinajstić information content (AvgIpc) is 2.65. The van der Waals surface area contributed by atoms with E-state index in [-0.39, 0.29) is 11.4 Å². The summed E-state index contributed by atoms with van der Waals surface area (Å²) < 4.78 is 4.92. The summed E-state index contributed by atoms with van der Waals surface area (Å²) in [5.41, 5.74) is 7.07. The summed E-state index contributed by atoms with van der Waals surface area (Å²) >= 11 is 0. The standard InChI is InChI=1S/C13H17N3O3/c1-13(2,14)6-5-11(17)15-8-3-4-9-10(7-8)19-12(18)16-9/h3-4,7H,5-6,14H2,1-2H3,(H,15,17)(H,16,18). The highest BCUT2D eigenvalue weighted by molar-refractivity contribution is 5.92. The molecule has 0 spiro atoms. The predicted molar refractivity (Wildman–Crippen MR) is 73.0 cm³/mol. The molecule has 0 bridgehead atoms. The monoisotopic (exact) mass is 263 g/mol. The fraction of sp³-hybridized carbons (Fsp3) is 0.385. The third-order valence-corrected chi connectivity index (χ3v) is 2.70. The molecule has 0 saturated heterocycles. The summed E-state index contributed by atoms with van der Waals surface area (Å²) in [5.74, 6) is -0.626.